The van der Waals surface area contributed by atoms with Crippen LogP contribution in [0, 0.1) is 0 Å². The number of rotatable bonds is 5. The van der Waals surface area contributed by atoms with Crippen LogP contribution in [-0.4, -0.2) is 23.0 Å². The molecule has 6 heteroatoms. The molecule has 0 aliphatic carbocycles. The summed E-state index contributed by atoms with van der Waals surface area (Å²) in [5.74, 6) is -1.56. The number of hydrogen-bond donors (Lipinski definition) is 3. The van der Waals surface area contributed by atoms with Crippen molar-refractivity contribution in [3.8, 4) is 0 Å². The van der Waals surface area contributed by atoms with Gasteiger partial charge in [0.1, 0.15) is 0 Å². The molecular formula is C12H15ClN2O3. The van der Waals surface area contributed by atoms with Crippen LogP contribution in [0.25, 0.3) is 0 Å². The van der Waals surface area contributed by atoms with Crippen LogP contribution in [0.5, 0.6) is 0 Å². The second-order valence-corrected chi connectivity index (χ2v) is 4.32. The number of carbonyl (C=O) groups excluding carboxylic acids is 1. The summed E-state index contributed by atoms with van der Waals surface area (Å²) in [4.78, 5) is 22.7. The number of nitrogens with one attached hydrogen (secondary N) is 1. The summed E-state index contributed by atoms with van der Waals surface area (Å²) in [6, 6.07) is 3.59. The Morgan fingerprint density at radius 3 is 2.72 bits per heavy atom. The van der Waals surface area contributed by atoms with Crippen LogP contribution in [0.15, 0.2) is 18.2 Å². The first-order chi connectivity index (χ1) is 8.45. The fourth-order valence-electron chi connectivity index (χ4n) is 1.47. The number of aromatic carboxylic acids is 1. The Bertz CT molecular complexity index is 463. The van der Waals surface area contributed by atoms with Gasteiger partial charge in [0.25, 0.3) is 0 Å². The summed E-state index contributed by atoms with van der Waals surface area (Å²) >= 11 is 5.71. The molecule has 0 saturated heterocycles. The molecule has 0 aromatic heterocycles. The van der Waals surface area contributed by atoms with Crippen molar-refractivity contribution in [2.75, 3.05) is 5.32 Å². The van der Waals surface area contributed by atoms with Gasteiger partial charge in [0.15, 0.2) is 0 Å². The minimum atomic E-state index is -1.16. The minimum absolute atomic E-state index is 0.0560. The molecule has 0 saturated carbocycles. The smallest absolute Gasteiger partial charge is 0.337 e. The van der Waals surface area contributed by atoms with Crippen LogP contribution in [-0.2, 0) is 4.79 Å². The van der Waals surface area contributed by atoms with Crippen molar-refractivity contribution in [3.05, 3.63) is 28.8 Å². The van der Waals surface area contributed by atoms with Gasteiger partial charge in [-0.05, 0) is 24.6 Å². The molecule has 0 aliphatic heterocycles. The van der Waals surface area contributed by atoms with E-state index in [2.05, 4.69) is 5.32 Å². The number of anilines is 1. The second-order valence-electron chi connectivity index (χ2n) is 3.88. The van der Waals surface area contributed by atoms with E-state index in [1.807, 2.05) is 6.92 Å². The second kappa shape index (κ2) is 6.37. The fourth-order valence-corrected chi connectivity index (χ4v) is 1.64. The molecule has 0 unspecified atom stereocenters. The number of carboxylic acid groups (broad SMARTS) is 1. The van der Waals surface area contributed by atoms with Crippen LogP contribution in [0.3, 0.4) is 0 Å². The van der Waals surface area contributed by atoms with Gasteiger partial charge >= 0.3 is 5.97 Å². The maximum Gasteiger partial charge on any atom is 0.337 e. The first-order valence-corrected chi connectivity index (χ1v) is 5.92. The maximum absolute atomic E-state index is 11.7. The van der Waals surface area contributed by atoms with Crippen molar-refractivity contribution in [3.63, 3.8) is 0 Å². The zero-order valence-corrected chi connectivity index (χ0v) is 10.7. The lowest BCUT2D eigenvalue weighted by molar-refractivity contribution is -0.117. The van der Waals surface area contributed by atoms with Gasteiger partial charge in [-0.15, -0.1) is 0 Å². The molecule has 0 aliphatic rings. The van der Waals surface area contributed by atoms with Gasteiger partial charge in [0, 0.05) is 5.02 Å². The van der Waals surface area contributed by atoms with Crippen molar-refractivity contribution < 1.29 is 14.7 Å². The summed E-state index contributed by atoms with van der Waals surface area (Å²) in [7, 11) is 0. The largest absolute Gasteiger partial charge is 0.478 e. The standard InChI is InChI=1S/C12H15ClN2O3/c1-2-3-9(14)11(16)15-10-5-4-7(13)6-8(10)12(17)18/h4-6,9H,2-3,14H2,1H3,(H,15,16)(H,17,18)/t9-/m1/s1. The Morgan fingerprint density at radius 2 is 2.17 bits per heavy atom. The maximum atomic E-state index is 11.7. The van der Waals surface area contributed by atoms with Crippen molar-refractivity contribution in [2.45, 2.75) is 25.8 Å². The summed E-state index contributed by atoms with van der Waals surface area (Å²) < 4.78 is 0. The predicted octanol–water partition coefficient (Wildman–Crippen LogP) is 2.10. The van der Waals surface area contributed by atoms with E-state index >= 15 is 0 Å². The normalized spacial score (nSPS) is 11.9. The van der Waals surface area contributed by atoms with E-state index in [0.29, 0.717) is 11.4 Å². The number of carbonyl (C=O) groups is 2. The lowest BCUT2D eigenvalue weighted by atomic mass is 10.1. The van der Waals surface area contributed by atoms with E-state index in [0.717, 1.165) is 6.42 Å². The number of halogens is 1. The van der Waals surface area contributed by atoms with Crippen LogP contribution < -0.4 is 11.1 Å². The molecule has 0 radical (unpaired) electrons. The number of benzene rings is 1. The molecule has 0 heterocycles. The SMILES string of the molecule is CCC[C@@H](N)C(=O)Nc1ccc(Cl)cc1C(=O)O. The molecule has 1 amide bonds. The summed E-state index contributed by atoms with van der Waals surface area (Å²) in [5, 5.41) is 11.8. The lowest BCUT2D eigenvalue weighted by Gasteiger charge is -2.13. The highest BCUT2D eigenvalue weighted by Crippen LogP contribution is 2.21. The molecule has 1 rings (SSSR count). The van der Waals surface area contributed by atoms with E-state index in [9.17, 15) is 9.59 Å². The van der Waals surface area contributed by atoms with Crippen molar-refractivity contribution >= 4 is 29.2 Å². The molecule has 0 bridgehead atoms. The number of amides is 1. The Morgan fingerprint density at radius 1 is 1.50 bits per heavy atom. The average Bonchev–Trinajstić information content (AvgIpc) is 2.31. The molecule has 0 spiro atoms. The highest BCUT2D eigenvalue weighted by molar-refractivity contribution is 6.31. The van der Waals surface area contributed by atoms with Crippen molar-refractivity contribution in [1.82, 2.24) is 0 Å². The summed E-state index contributed by atoms with van der Waals surface area (Å²) in [6.07, 6.45) is 1.32. The third kappa shape index (κ3) is 3.72. The molecule has 1 aromatic carbocycles. The van der Waals surface area contributed by atoms with Gasteiger partial charge < -0.3 is 16.2 Å². The van der Waals surface area contributed by atoms with Gasteiger partial charge in [-0.2, -0.15) is 0 Å². The Kier molecular flexibility index (Phi) is 5.12. The third-order valence-electron chi connectivity index (χ3n) is 2.41. The molecular weight excluding hydrogens is 256 g/mol. The van der Waals surface area contributed by atoms with Crippen LogP contribution in [0.2, 0.25) is 5.02 Å². The first-order valence-electron chi connectivity index (χ1n) is 5.55. The van der Waals surface area contributed by atoms with Gasteiger partial charge in [-0.1, -0.05) is 24.9 Å². The van der Waals surface area contributed by atoms with E-state index in [4.69, 9.17) is 22.4 Å². The van der Waals surface area contributed by atoms with Gasteiger partial charge in [0.05, 0.1) is 17.3 Å². The zero-order chi connectivity index (χ0) is 13.7. The Labute approximate surface area is 110 Å². The van der Waals surface area contributed by atoms with E-state index in [1.165, 1.54) is 18.2 Å². The number of hydrogen-bond acceptors (Lipinski definition) is 3. The van der Waals surface area contributed by atoms with Crippen LogP contribution >= 0.6 is 11.6 Å². The topological polar surface area (TPSA) is 92.4 Å². The predicted molar refractivity (Wildman–Crippen MR) is 69.9 cm³/mol. The molecule has 98 valence electrons. The first kappa shape index (κ1) is 14.5. The van der Waals surface area contributed by atoms with E-state index in [-0.39, 0.29) is 11.3 Å². The number of carboxylic acids is 1. The monoisotopic (exact) mass is 270 g/mol. The molecule has 0 fully saturated rings. The highest BCUT2D eigenvalue weighted by atomic mass is 35.5. The van der Waals surface area contributed by atoms with Crippen LogP contribution in [0.1, 0.15) is 30.1 Å². The van der Waals surface area contributed by atoms with Gasteiger partial charge in [0.2, 0.25) is 5.91 Å². The zero-order valence-electron chi connectivity index (χ0n) is 9.94. The Hall–Kier alpha value is -1.59. The highest BCUT2D eigenvalue weighted by Gasteiger charge is 2.16. The molecule has 4 N–H and O–H groups in total. The number of nitrogens with two attached hydrogens (primary N) is 1. The van der Waals surface area contributed by atoms with Crippen molar-refractivity contribution in [1.29, 1.82) is 0 Å². The van der Waals surface area contributed by atoms with Gasteiger partial charge in [-0.25, -0.2) is 4.79 Å². The van der Waals surface area contributed by atoms with Crippen molar-refractivity contribution in [2.24, 2.45) is 5.73 Å². The molecule has 5 nitrogen and oxygen atoms in total. The van der Waals surface area contributed by atoms with E-state index in [1.54, 1.807) is 0 Å². The Balaban J connectivity index is 2.90. The summed E-state index contributed by atoms with van der Waals surface area (Å²) in [6.45, 7) is 1.91. The molecule has 18 heavy (non-hydrogen) atoms. The average molecular weight is 271 g/mol. The van der Waals surface area contributed by atoms with E-state index < -0.39 is 17.9 Å². The third-order valence-corrected chi connectivity index (χ3v) is 2.64. The summed E-state index contributed by atoms with van der Waals surface area (Å²) in [5.41, 5.74) is 5.79. The molecule has 1 aromatic rings. The minimum Gasteiger partial charge on any atom is -0.478 e. The molecule has 1 atom stereocenters. The van der Waals surface area contributed by atoms with Crippen LogP contribution in [0.4, 0.5) is 5.69 Å². The quantitative estimate of drug-likeness (QED) is 0.764. The fraction of sp³-hybridized carbons (Fsp3) is 0.333. The lowest BCUT2D eigenvalue weighted by Crippen LogP contribution is -2.35. The van der Waals surface area contributed by atoms with Gasteiger partial charge in [-0.3, -0.25) is 4.79 Å².